The van der Waals surface area contributed by atoms with Crippen molar-refractivity contribution in [3.8, 4) is 34.3 Å². The molecule has 0 amide bonds. The number of carbonyl (C=O) groups is 1. The van der Waals surface area contributed by atoms with Crippen LogP contribution < -0.4 is 18.9 Å². The van der Waals surface area contributed by atoms with Gasteiger partial charge in [0.2, 0.25) is 12.7 Å². The third-order valence-electron chi connectivity index (χ3n) is 4.32. The van der Waals surface area contributed by atoms with E-state index in [2.05, 4.69) is 11.9 Å². The molecule has 7 heteroatoms. The zero-order valence-electron chi connectivity index (χ0n) is 15.7. The second-order valence-electron chi connectivity index (χ2n) is 6.24. The van der Waals surface area contributed by atoms with Gasteiger partial charge >= 0.3 is 6.16 Å². The Balaban J connectivity index is 1.82. The Labute approximate surface area is 162 Å². The average Bonchev–Trinajstić information content (AvgIpc) is 3.29. The lowest BCUT2D eigenvalue weighted by Gasteiger charge is -2.08. The SMILES string of the molecule is CCCOc1ccc2[nH]c(OC(=O)OCC)c(-c3ccc4c(c3)OCO4)c2c1. The first kappa shape index (κ1) is 18.0. The summed E-state index contributed by atoms with van der Waals surface area (Å²) in [7, 11) is 0. The molecule has 4 rings (SSSR count). The van der Waals surface area contributed by atoms with Crippen molar-refractivity contribution in [2.24, 2.45) is 0 Å². The zero-order valence-corrected chi connectivity index (χ0v) is 15.7. The van der Waals surface area contributed by atoms with Gasteiger partial charge in [-0.2, -0.15) is 0 Å². The number of hydrogen-bond acceptors (Lipinski definition) is 6. The van der Waals surface area contributed by atoms with E-state index >= 15 is 0 Å². The molecule has 2 heterocycles. The topological polar surface area (TPSA) is 79.0 Å². The summed E-state index contributed by atoms with van der Waals surface area (Å²) in [5.74, 6) is 2.38. The van der Waals surface area contributed by atoms with Crippen LogP contribution in [0.3, 0.4) is 0 Å². The maximum Gasteiger partial charge on any atom is 0.515 e. The lowest BCUT2D eigenvalue weighted by Crippen LogP contribution is -2.10. The van der Waals surface area contributed by atoms with Gasteiger partial charge in [0.25, 0.3) is 0 Å². The maximum atomic E-state index is 11.9. The second kappa shape index (κ2) is 7.72. The summed E-state index contributed by atoms with van der Waals surface area (Å²) in [4.78, 5) is 15.1. The highest BCUT2D eigenvalue weighted by Crippen LogP contribution is 2.43. The van der Waals surface area contributed by atoms with Gasteiger partial charge in [0.15, 0.2) is 11.5 Å². The Morgan fingerprint density at radius 3 is 2.79 bits per heavy atom. The van der Waals surface area contributed by atoms with Gasteiger partial charge in [-0.05, 0) is 49.2 Å². The zero-order chi connectivity index (χ0) is 19.5. The summed E-state index contributed by atoms with van der Waals surface area (Å²) in [6.45, 7) is 4.82. The molecule has 1 N–H and O–H groups in total. The number of hydrogen-bond donors (Lipinski definition) is 1. The fraction of sp³-hybridized carbons (Fsp3) is 0.286. The van der Waals surface area contributed by atoms with E-state index in [4.69, 9.17) is 23.7 Å². The number of nitrogens with one attached hydrogen (secondary N) is 1. The molecule has 0 unspecified atom stereocenters. The van der Waals surface area contributed by atoms with Crippen molar-refractivity contribution in [1.29, 1.82) is 0 Å². The highest BCUT2D eigenvalue weighted by atomic mass is 16.7. The van der Waals surface area contributed by atoms with E-state index in [0.717, 1.165) is 34.2 Å². The summed E-state index contributed by atoms with van der Waals surface area (Å²) in [5.41, 5.74) is 2.36. The van der Waals surface area contributed by atoms with Gasteiger partial charge in [-0.15, -0.1) is 0 Å². The number of carbonyl (C=O) groups excluding carboxylic acids is 1. The van der Waals surface area contributed by atoms with Gasteiger partial charge in [-0.25, -0.2) is 4.79 Å². The fourth-order valence-corrected chi connectivity index (χ4v) is 3.10. The summed E-state index contributed by atoms with van der Waals surface area (Å²) in [6, 6.07) is 11.3. The molecule has 0 atom stereocenters. The third-order valence-corrected chi connectivity index (χ3v) is 4.32. The largest absolute Gasteiger partial charge is 0.515 e. The minimum atomic E-state index is -0.765. The molecular formula is C21H21NO6. The first-order valence-electron chi connectivity index (χ1n) is 9.22. The quantitative estimate of drug-likeness (QED) is 0.611. The van der Waals surface area contributed by atoms with Crippen LogP contribution in [0.25, 0.3) is 22.0 Å². The number of H-pyrrole nitrogens is 1. The molecule has 28 heavy (non-hydrogen) atoms. The van der Waals surface area contributed by atoms with E-state index in [1.54, 1.807) is 6.92 Å². The van der Waals surface area contributed by atoms with Crippen molar-refractivity contribution >= 4 is 17.1 Å². The summed E-state index contributed by atoms with van der Waals surface area (Å²) < 4.78 is 27.0. The Morgan fingerprint density at radius 2 is 1.96 bits per heavy atom. The molecule has 0 radical (unpaired) electrons. The highest BCUT2D eigenvalue weighted by Gasteiger charge is 2.21. The van der Waals surface area contributed by atoms with Gasteiger partial charge in [0, 0.05) is 10.9 Å². The monoisotopic (exact) mass is 383 g/mol. The molecular weight excluding hydrogens is 362 g/mol. The van der Waals surface area contributed by atoms with Crippen molar-refractivity contribution in [3.63, 3.8) is 0 Å². The van der Waals surface area contributed by atoms with Crippen LogP contribution in [-0.4, -0.2) is 31.1 Å². The first-order valence-corrected chi connectivity index (χ1v) is 9.22. The molecule has 3 aromatic rings. The minimum absolute atomic E-state index is 0.188. The van der Waals surface area contributed by atoms with Crippen molar-refractivity contribution in [2.75, 3.05) is 20.0 Å². The van der Waals surface area contributed by atoms with Crippen molar-refractivity contribution < 1.29 is 28.5 Å². The summed E-state index contributed by atoms with van der Waals surface area (Å²) >= 11 is 0. The Hall–Kier alpha value is -3.35. The highest BCUT2D eigenvalue weighted by molar-refractivity contribution is 6.00. The fourth-order valence-electron chi connectivity index (χ4n) is 3.10. The van der Waals surface area contributed by atoms with Gasteiger partial charge in [0.1, 0.15) is 5.75 Å². The van der Waals surface area contributed by atoms with Crippen molar-refractivity contribution in [1.82, 2.24) is 4.98 Å². The van der Waals surface area contributed by atoms with Crippen LogP contribution in [0.15, 0.2) is 36.4 Å². The predicted molar refractivity (Wildman–Crippen MR) is 103 cm³/mol. The molecule has 0 bridgehead atoms. The van der Waals surface area contributed by atoms with Crippen molar-refractivity contribution in [3.05, 3.63) is 36.4 Å². The smallest absolute Gasteiger partial charge is 0.494 e. The molecule has 0 spiro atoms. The van der Waals surface area contributed by atoms with E-state index in [9.17, 15) is 4.79 Å². The molecule has 1 aliphatic rings. The third kappa shape index (κ3) is 3.43. The molecule has 2 aromatic carbocycles. The van der Waals surface area contributed by atoms with Crippen LogP contribution in [0, 0.1) is 0 Å². The van der Waals surface area contributed by atoms with Crippen molar-refractivity contribution in [2.45, 2.75) is 20.3 Å². The number of benzene rings is 2. The first-order chi connectivity index (χ1) is 13.7. The van der Waals surface area contributed by atoms with Gasteiger partial charge < -0.3 is 28.7 Å². The molecule has 0 fully saturated rings. The number of aromatic amines is 1. The van der Waals surface area contributed by atoms with E-state index in [1.165, 1.54) is 0 Å². The Morgan fingerprint density at radius 1 is 1.11 bits per heavy atom. The lowest BCUT2D eigenvalue weighted by molar-refractivity contribution is 0.103. The molecule has 0 saturated heterocycles. The standard InChI is InChI=1S/C21H21NO6/c1-3-9-25-14-6-7-16-15(11-14)19(20(22-16)28-21(23)24-4-2)13-5-8-17-18(10-13)27-12-26-17/h5-8,10-11,22H,3-4,9,12H2,1-2H3. The molecule has 1 aromatic heterocycles. The maximum absolute atomic E-state index is 11.9. The summed E-state index contributed by atoms with van der Waals surface area (Å²) in [5, 5.41) is 0.867. The Bertz CT molecular complexity index is 1010. The molecule has 0 aliphatic carbocycles. The van der Waals surface area contributed by atoms with Crippen LogP contribution >= 0.6 is 0 Å². The van der Waals surface area contributed by atoms with Crippen LogP contribution in [0.4, 0.5) is 4.79 Å². The van der Waals surface area contributed by atoms with Gasteiger partial charge in [-0.1, -0.05) is 13.0 Å². The van der Waals surface area contributed by atoms with Crippen LogP contribution in [0.5, 0.6) is 23.1 Å². The number of fused-ring (bicyclic) bond motifs is 2. The number of aromatic nitrogens is 1. The van der Waals surface area contributed by atoms with E-state index in [0.29, 0.717) is 24.0 Å². The number of rotatable bonds is 6. The summed E-state index contributed by atoms with van der Waals surface area (Å²) in [6.07, 6.45) is 0.149. The van der Waals surface area contributed by atoms with Crippen LogP contribution in [0.2, 0.25) is 0 Å². The van der Waals surface area contributed by atoms with Gasteiger partial charge in [0.05, 0.1) is 18.8 Å². The molecule has 0 saturated carbocycles. The van der Waals surface area contributed by atoms with Crippen LogP contribution in [0.1, 0.15) is 20.3 Å². The normalized spacial score (nSPS) is 12.2. The van der Waals surface area contributed by atoms with Gasteiger partial charge in [-0.3, -0.25) is 0 Å². The molecule has 1 aliphatic heterocycles. The van der Waals surface area contributed by atoms with E-state index < -0.39 is 6.16 Å². The van der Waals surface area contributed by atoms with E-state index in [-0.39, 0.29) is 13.4 Å². The van der Waals surface area contributed by atoms with Crippen LogP contribution in [-0.2, 0) is 4.74 Å². The Kier molecular flexibility index (Phi) is 4.97. The minimum Gasteiger partial charge on any atom is -0.494 e. The molecule has 7 nitrogen and oxygen atoms in total. The lowest BCUT2D eigenvalue weighted by atomic mass is 10.0. The second-order valence-corrected chi connectivity index (χ2v) is 6.24. The number of ether oxygens (including phenoxy) is 5. The molecule has 146 valence electrons. The van der Waals surface area contributed by atoms with E-state index in [1.807, 2.05) is 36.4 Å². The predicted octanol–water partition coefficient (Wildman–Crippen LogP) is 4.89. The average molecular weight is 383 g/mol.